The van der Waals surface area contributed by atoms with Crippen LogP contribution in [0.15, 0.2) is 24.3 Å². The standard InChI is InChI=1S/C14H22N2O2/c15-9-4-2-1-3-8-14(18)16-13-7-5-6-12(10-13)11-17/h5-7,10,17H,1-4,8-9,11,15H2,(H,16,18). The fourth-order valence-electron chi connectivity index (χ4n) is 1.75. The van der Waals surface area contributed by atoms with Gasteiger partial charge in [-0.05, 0) is 37.1 Å². The maximum Gasteiger partial charge on any atom is 0.224 e. The first-order valence-electron chi connectivity index (χ1n) is 6.46. The quantitative estimate of drug-likeness (QED) is 0.618. The van der Waals surface area contributed by atoms with Gasteiger partial charge in [-0.3, -0.25) is 4.79 Å². The summed E-state index contributed by atoms with van der Waals surface area (Å²) in [6, 6.07) is 7.25. The number of unbranched alkanes of at least 4 members (excludes halogenated alkanes) is 3. The Kier molecular flexibility index (Phi) is 7.06. The molecular weight excluding hydrogens is 228 g/mol. The molecule has 4 nitrogen and oxygen atoms in total. The van der Waals surface area contributed by atoms with Crippen molar-refractivity contribution < 1.29 is 9.90 Å². The lowest BCUT2D eigenvalue weighted by atomic mass is 10.1. The van der Waals surface area contributed by atoms with Crippen LogP contribution in [-0.4, -0.2) is 17.6 Å². The summed E-state index contributed by atoms with van der Waals surface area (Å²) in [6.45, 7) is 0.711. The van der Waals surface area contributed by atoms with Crippen LogP contribution in [-0.2, 0) is 11.4 Å². The number of anilines is 1. The molecule has 0 unspecified atom stereocenters. The highest BCUT2D eigenvalue weighted by molar-refractivity contribution is 5.90. The van der Waals surface area contributed by atoms with Crippen LogP contribution >= 0.6 is 0 Å². The fourth-order valence-corrected chi connectivity index (χ4v) is 1.75. The molecule has 4 N–H and O–H groups in total. The number of hydrogen-bond donors (Lipinski definition) is 3. The topological polar surface area (TPSA) is 75.4 Å². The third kappa shape index (κ3) is 5.80. The predicted molar refractivity (Wildman–Crippen MR) is 73.1 cm³/mol. The van der Waals surface area contributed by atoms with Crippen molar-refractivity contribution in [2.24, 2.45) is 5.73 Å². The second-order valence-corrected chi connectivity index (χ2v) is 4.36. The number of carbonyl (C=O) groups excluding carboxylic acids is 1. The molecule has 0 aliphatic heterocycles. The summed E-state index contributed by atoms with van der Waals surface area (Å²) >= 11 is 0. The van der Waals surface area contributed by atoms with E-state index < -0.39 is 0 Å². The van der Waals surface area contributed by atoms with Gasteiger partial charge in [-0.1, -0.05) is 25.0 Å². The van der Waals surface area contributed by atoms with Gasteiger partial charge in [-0.25, -0.2) is 0 Å². The van der Waals surface area contributed by atoms with Crippen LogP contribution in [0.25, 0.3) is 0 Å². The summed E-state index contributed by atoms with van der Waals surface area (Å²) in [5.41, 5.74) is 6.95. The van der Waals surface area contributed by atoms with E-state index in [9.17, 15) is 4.79 Å². The lowest BCUT2D eigenvalue weighted by Crippen LogP contribution is -2.11. The monoisotopic (exact) mass is 250 g/mol. The molecule has 0 saturated heterocycles. The van der Waals surface area contributed by atoms with Gasteiger partial charge < -0.3 is 16.2 Å². The highest BCUT2D eigenvalue weighted by atomic mass is 16.3. The van der Waals surface area contributed by atoms with E-state index in [0.29, 0.717) is 6.42 Å². The Balaban J connectivity index is 2.26. The lowest BCUT2D eigenvalue weighted by molar-refractivity contribution is -0.116. The Hall–Kier alpha value is -1.39. The van der Waals surface area contributed by atoms with Crippen molar-refractivity contribution in [3.8, 4) is 0 Å². The van der Waals surface area contributed by atoms with Gasteiger partial charge in [0.1, 0.15) is 0 Å². The van der Waals surface area contributed by atoms with Gasteiger partial charge in [-0.2, -0.15) is 0 Å². The smallest absolute Gasteiger partial charge is 0.224 e. The van der Waals surface area contributed by atoms with Gasteiger partial charge in [0.15, 0.2) is 0 Å². The van der Waals surface area contributed by atoms with Crippen molar-refractivity contribution in [2.45, 2.75) is 38.7 Å². The van der Waals surface area contributed by atoms with Crippen LogP contribution in [0.3, 0.4) is 0 Å². The van der Waals surface area contributed by atoms with Crippen molar-refractivity contribution >= 4 is 11.6 Å². The van der Waals surface area contributed by atoms with Crippen molar-refractivity contribution in [1.82, 2.24) is 0 Å². The minimum Gasteiger partial charge on any atom is -0.392 e. The summed E-state index contributed by atoms with van der Waals surface area (Å²) in [4.78, 5) is 11.6. The van der Waals surface area contributed by atoms with E-state index >= 15 is 0 Å². The molecule has 0 saturated carbocycles. The van der Waals surface area contributed by atoms with Crippen molar-refractivity contribution in [3.63, 3.8) is 0 Å². The molecule has 100 valence electrons. The molecule has 18 heavy (non-hydrogen) atoms. The Morgan fingerprint density at radius 1 is 1.22 bits per heavy atom. The average Bonchev–Trinajstić information content (AvgIpc) is 2.38. The molecule has 1 rings (SSSR count). The molecule has 4 heteroatoms. The molecule has 1 aromatic carbocycles. The number of aliphatic hydroxyl groups excluding tert-OH is 1. The molecule has 0 radical (unpaired) electrons. The van der Waals surface area contributed by atoms with Gasteiger partial charge >= 0.3 is 0 Å². The van der Waals surface area contributed by atoms with Crippen molar-refractivity contribution in [2.75, 3.05) is 11.9 Å². The van der Waals surface area contributed by atoms with Gasteiger partial charge in [0.25, 0.3) is 0 Å². The second kappa shape index (κ2) is 8.66. The minimum absolute atomic E-state index is 0.0111. The first-order valence-corrected chi connectivity index (χ1v) is 6.46. The van der Waals surface area contributed by atoms with Crippen LogP contribution < -0.4 is 11.1 Å². The largest absolute Gasteiger partial charge is 0.392 e. The zero-order valence-corrected chi connectivity index (χ0v) is 10.7. The van der Waals surface area contributed by atoms with Crippen LogP contribution in [0.1, 0.15) is 37.7 Å². The molecule has 1 amide bonds. The lowest BCUT2D eigenvalue weighted by Gasteiger charge is -2.06. The van der Waals surface area contributed by atoms with Crippen molar-refractivity contribution in [1.29, 1.82) is 0 Å². The molecule has 0 bridgehead atoms. The maximum atomic E-state index is 11.6. The SMILES string of the molecule is NCCCCCCC(=O)Nc1cccc(CO)c1. The molecule has 0 aliphatic carbocycles. The van der Waals surface area contributed by atoms with E-state index in [2.05, 4.69) is 5.32 Å². The third-order valence-corrected chi connectivity index (χ3v) is 2.75. The van der Waals surface area contributed by atoms with Crippen LogP contribution in [0.4, 0.5) is 5.69 Å². The summed E-state index contributed by atoms with van der Waals surface area (Å²) in [5, 5.41) is 11.8. The Labute approximate surface area is 108 Å². The molecule has 1 aromatic rings. The summed E-state index contributed by atoms with van der Waals surface area (Å²) in [7, 11) is 0. The Morgan fingerprint density at radius 3 is 2.72 bits per heavy atom. The van der Waals surface area contributed by atoms with E-state index in [-0.39, 0.29) is 12.5 Å². The molecule has 0 fully saturated rings. The zero-order chi connectivity index (χ0) is 13.2. The number of rotatable bonds is 8. The predicted octanol–water partition coefficient (Wildman–Crippen LogP) is 2.03. The zero-order valence-electron chi connectivity index (χ0n) is 10.7. The number of benzene rings is 1. The Bertz CT molecular complexity index is 367. The highest BCUT2D eigenvalue weighted by Crippen LogP contribution is 2.11. The number of nitrogens with one attached hydrogen (secondary N) is 1. The molecule has 0 atom stereocenters. The number of carbonyl (C=O) groups is 1. The van der Waals surface area contributed by atoms with Crippen molar-refractivity contribution in [3.05, 3.63) is 29.8 Å². The van der Waals surface area contributed by atoms with E-state index in [4.69, 9.17) is 10.8 Å². The first kappa shape index (κ1) is 14.7. The van der Waals surface area contributed by atoms with E-state index in [0.717, 1.165) is 43.5 Å². The molecule has 0 spiro atoms. The van der Waals surface area contributed by atoms with Gasteiger partial charge in [0, 0.05) is 12.1 Å². The molecular formula is C14H22N2O2. The van der Waals surface area contributed by atoms with Crippen LogP contribution in [0.5, 0.6) is 0 Å². The third-order valence-electron chi connectivity index (χ3n) is 2.75. The number of nitrogens with two attached hydrogens (primary N) is 1. The first-order chi connectivity index (χ1) is 8.76. The number of hydrogen-bond acceptors (Lipinski definition) is 3. The summed E-state index contributed by atoms with van der Waals surface area (Å²) in [6.07, 6.45) is 4.59. The number of aliphatic hydroxyl groups is 1. The molecule has 0 heterocycles. The maximum absolute atomic E-state index is 11.6. The second-order valence-electron chi connectivity index (χ2n) is 4.36. The minimum atomic E-state index is -0.0111. The average molecular weight is 250 g/mol. The summed E-state index contributed by atoms with van der Waals surface area (Å²) in [5.74, 6) is 0.0258. The van der Waals surface area contributed by atoms with Crippen LogP contribution in [0, 0.1) is 0 Å². The highest BCUT2D eigenvalue weighted by Gasteiger charge is 2.02. The summed E-state index contributed by atoms with van der Waals surface area (Å²) < 4.78 is 0. The molecule has 0 aromatic heterocycles. The van der Waals surface area contributed by atoms with Crippen LogP contribution in [0.2, 0.25) is 0 Å². The Morgan fingerprint density at radius 2 is 2.00 bits per heavy atom. The van der Waals surface area contributed by atoms with E-state index in [1.807, 2.05) is 18.2 Å². The van der Waals surface area contributed by atoms with Gasteiger partial charge in [-0.15, -0.1) is 0 Å². The van der Waals surface area contributed by atoms with Gasteiger partial charge in [0.05, 0.1) is 6.61 Å². The van der Waals surface area contributed by atoms with E-state index in [1.54, 1.807) is 6.07 Å². The van der Waals surface area contributed by atoms with Gasteiger partial charge in [0.2, 0.25) is 5.91 Å². The molecule has 0 aliphatic rings. The van der Waals surface area contributed by atoms with E-state index in [1.165, 1.54) is 0 Å². The normalized spacial score (nSPS) is 10.3. The fraction of sp³-hybridized carbons (Fsp3) is 0.500. The number of amides is 1.